The first-order chi connectivity index (χ1) is 16.4. The maximum Gasteiger partial charge on any atom is 0.331 e. The number of hydrogen-bond donors (Lipinski definition) is 1. The fourth-order valence-corrected chi connectivity index (χ4v) is 3.87. The third-order valence-corrected chi connectivity index (χ3v) is 5.56. The predicted octanol–water partition coefficient (Wildman–Crippen LogP) is 4.43. The van der Waals surface area contributed by atoms with Crippen molar-refractivity contribution in [3.63, 3.8) is 0 Å². The topological polar surface area (TPSA) is 98.1 Å². The minimum atomic E-state index is -0.834. The van der Waals surface area contributed by atoms with Crippen molar-refractivity contribution in [1.29, 1.82) is 0 Å². The van der Waals surface area contributed by atoms with E-state index in [0.717, 1.165) is 4.90 Å². The molecule has 2 heterocycles. The Bertz CT molecular complexity index is 1290. The summed E-state index contributed by atoms with van der Waals surface area (Å²) in [5.41, 5.74) is 0.571. The highest BCUT2D eigenvalue weighted by Gasteiger charge is 2.36. The first-order valence-corrected chi connectivity index (χ1v) is 10.8. The SMILES string of the molecule is COc1cc(/C=C2\C(=O)NC(=O)N(Cc3ccco3)C2=O)cc(Br)c1OCc1ccccc1F. The van der Waals surface area contributed by atoms with Crippen LogP contribution in [0.5, 0.6) is 11.5 Å². The number of benzene rings is 2. The van der Waals surface area contributed by atoms with Gasteiger partial charge in [0.05, 0.1) is 24.4 Å². The third kappa shape index (κ3) is 4.86. The molecule has 1 aromatic heterocycles. The molecule has 34 heavy (non-hydrogen) atoms. The maximum atomic E-state index is 13.9. The summed E-state index contributed by atoms with van der Waals surface area (Å²) < 4.78 is 30.7. The average Bonchev–Trinajstić information content (AvgIpc) is 3.33. The van der Waals surface area contributed by atoms with Crippen molar-refractivity contribution in [2.45, 2.75) is 13.2 Å². The van der Waals surface area contributed by atoms with Gasteiger partial charge in [0.2, 0.25) is 0 Å². The van der Waals surface area contributed by atoms with Crippen LogP contribution in [0.3, 0.4) is 0 Å². The largest absolute Gasteiger partial charge is 0.493 e. The Morgan fingerprint density at radius 2 is 1.94 bits per heavy atom. The molecule has 3 aromatic rings. The van der Waals surface area contributed by atoms with Gasteiger partial charge in [-0.2, -0.15) is 0 Å². The van der Waals surface area contributed by atoms with Crippen molar-refractivity contribution in [3.8, 4) is 11.5 Å². The fourth-order valence-electron chi connectivity index (χ4n) is 3.29. The maximum absolute atomic E-state index is 13.9. The van der Waals surface area contributed by atoms with Gasteiger partial charge in [0.25, 0.3) is 11.8 Å². The van der Waals surface area contributed by atoms with Crippen LogP contribution >= 0.6 is 15.9 Å². The molecule has 0 unspecified atom stereocenters. The van der Waals surface area contributed by atoms with Gasteiger partial charge in [0.1, 0.15) is 23.8 Å². The van der Waals surface area contributed by atoms with Crippen molar-refractivity contribution in [2.75, 3.05) is 7.11 Å². The molecule has 4 rings (SSSR count). The zero-order valence-electron chi connectivity index (χ0n) is 17.8. The van der Waals surface area contributed by atoms with Gasteiger partial charge in [-0.3, -0.25) is 19.8 Å². The normalized spacial score (nSPS) is 15.0. The molecule has 4 amide bonds. The molecule has 2 aromatic carbocycles. The zero-order valence-corrected chi connectivity index (χ0v) is 19.4. The van der Waals surface area contributed by atoms with Crippen LogP contribution < -0.4 is 14.8 Å². The van der Waals surface area contributed by atoms with Gasteiger partial charge in [-0.15, -0.1) is 0 Å². The van der Waals surface area contributed by atoms with E-state index < -0.39 is 23.7 Å². The molecule has 0 bridgehead atoms. The number of nitrogens with one attached hydrogen (secondary N) is 1. The number of urea groups is 1. The Kier molecular flexibility index (Phi) is 6.78. The summed E-state index contributed by atoms with van der Waals surface area (Å²) in [7, 11) is 1.43. The lowest BCUT2D eigenvalue weighted by Gasteiger charge is -2.25. The number of nitrogens with zero attached hydrogens (tertiary/aromatic N) is 1. The smallest absolute Gasteiger partial charge is 0.331 e. The van der Waals surface area contributed by atoms with Crippen molar-refractivity contribution in [1.82, 2.24) is 10.2 Å². The average molecular weight is 529 g/mol. The third-order valence-electron chi connectivity index (χ3n) is 4.97. The highest BCUT2D eigenvalue weighted by Crippen LogP contribution is 2.38. The number of ether oxygens (including phenoxy) is 2. The molecule has 10 heteroatoms. The Morgan fingerprint density at radius 1 is 1.15 bits per heavy atom. The summed E-state index contributed by atoms with van der Waals surface area (Å²) >= 11 is 3.40. The Hall–Kier alpha value is -3.92. The van der Waals surface area contributed by atoms with Crippen molar-refractivity contribution in [2.24, 2.45) is 0 Å². The predicted molar refractivity (Wildman–Crippen MR) is 122 cm³/mol. The Balaban J connectivity index is 1.60. The van der Waals surface area contributed by atoms with Crippen molar-refractivity contribution in [3.05, 3.63) is 87.5 Å². The molecule has 0 saturated carbocycles. The van der Waals surface area contributed by atoms with E-state index in [9.17, 15) is 18.8 Å². The number of halogens is 2. The van der Waals surface area contributed by atoms with Crippen LogP contribution in [0.15, 0.2) is 69.3 Å². The van der Waals surface area contributed by atoms with Gasteiger partial charge < -0.3 is 13.9 Å². The van der Waals surface area contributed by atoms with Crippen LogP contribution in [-0.4, -0.2) is 29.9 Å². The minimum absolute atomic E-state index is 0.0349. The molecule has 1 N–H and O–H groups in total. The number of furan rings is 1. The van der Waals surface area contributed by atoms with Gasteiger partial charge in [-0.25, -0.2) is 9.18 Å². The summed E-state index contributed by atoms with van der Waals surface area (Å²) in [4.78, 5) is 38.4. The summed E-state index contributed by atoms with van der Waals surface area (Å²) in [6, 6.07) is 11.8. The van der Waals surface area contributed by atoms with Gasteiger partial charge in [0, 0.05) is 5.56 Å². The van der Waals surface area contributed by atoms with Gasteiger partial charge in [0.15, 0.2) is 11.5 Å². The highest BCUT2D eigenvalue weighted by atomic mass is 79.9. The number of rotatable bonds is 7. The van der Waals surface area contributed by atoms with E-state index >= 15 is 0 Å². The second-order valence-corrected chi connectivity index (χ2v) is 8.06. The molecule has 8 nitrogen and oxygen atoms in total. The second-order valence-electron chi connectivity index (χ2n) is 7.20. The summed E-state index contributed by atoms with van der Waals surface area (Å²) in [5, 5.41) is 2.16. The zero-order chi connectivity index (χ0) is 24.2. The number of carbonyl (C=O) groups excluding carboxylic acids is 3. The molecule has 0 aliphatic carbocycles. The van der Waals surface area contributed by atoms with Crippen molar-refractivity contribution >= 4 is 39.9 Å². The molecular weight excluding hydrogens is 511 g/mol. The molecule has 1 saturated heterocycles. The molecule has 0 atom stereocenters. The van der Waals surface area contributed by atoms with E-state index in [-0.39, 0.29) is 18.7 Å². The number of imide groups is 2. The molecule has 174 valence electrons. The lowest BCUT2D eigenvalue weighted by molar-refractivity contribution is -0.130. The van der Waals surface area contributed by atoms with Crippen LogP contribution in [0.2, 0.25) is 0 Å². The standard InChI is InChI=1S/C24H18BrFN2O6/c1-32-20-11-14(10-18(25)21(20)34-13-15-5-2-3-7-19(15)26)9-17-22(29)27-24(31)28(23(17)30)12-16-6-4-8-33-16/h2-11H,12-13H2,1H3,(H,27,29,31)/b17-9+. The lowest BCUT2D eigenvalue weighted by atomic mass is 10.1. The highest BCUT2D eigenvalue weighted by molar-refractivity contribution is 9.10. The number of barbiturate groups is 1. The monoisotopic (exact) mass is 528 g/mol. The fraction of sp³-hybridized carbons (Fsp3) is 0.125. The molecule has 1 aliphatic rings. The van der Waals surface area contributed by atoms with E-state index in [4.69, 9.17) is 13.9 Å². The van der Waals surface area contributed by atoms with Crippen LogP contribution in [0.25, 0.3) is 6.08 Å². The lowest BCUT2D eigenvalue weighted by Crippen LogP contribution is -2.53. The number of carbonyl (C=O) groups is 3. The van der Waals surface area contributed by atoms with Crippen LogP contribution in [-0.2, 0) is 22.7 Å². The van der Waals surface area contributed by atoms with Crippen LogP contribution in [0, 0.1) is 5.82 Å². The van der Waals surface area contributed by atoms with Crippen LogP contribution in [0.1, 0.15) is 16.9 Å². The molecule has 1 fully saturated rings. The quantitative estimate of drug-likeness (QED) is 0.359. The van der Waals surface area contributed by atoms with E-state index in [2.05, 4.69) is 21.2 Å². The summed E-state index contributed by atoms with van der Waals surface area (Å²) in [6.07, 6.45) is 2.76. The number of methoxy groups -OCH3 is 1. The molecule has 0 radical (unpaired) electrons. The first-order valence-electron chi connectivity index (χ1n) is 10.0. The number of hydrogen-bond acceptors (Lipinski definition) is 6. The van der Waals surface area contributed by atoms with Crippen LogP contribution in [0.4, 0.5) is 9.18 Å². The van der Waals surface area contributed by atoms with Crippen molar-refractivity contribution < 1.29 is 32.7 Å². The first kappa shape index (κ1) is 23.2. The van der Waals surface area contributed by atoms with E-state index in [1.54, 1.807) is 42.5 Å². The number of amides is 4. The van der Waals surface area contributed by atoms with Gasteiger partial charge in [-0.1, -0.05) is 18.2 Å². The molecular formula is C24H18BrFN2O6. The minimum Gasteiger partial charge on any atom is -0.493 e. The molecule has 0 spiro atoms. The second kappa shape index (κ2) is 9.92. The van der Waals surface area contributed by atoms with Gasteiger partial charge >= 0.3 is 6.03 Å². The summed E-state index contributed by atoms with van der Waals surface area (Å²) in [6.45, 7) is -0.162. The van der Waals surface area contributed by atoms with E-state index in [0.29, 0.717) is 32.9 Å². The van der Waals surface area contributed by atoms with E-state index in [1.807, 2.05) is 0 Å². The van der Waals surface area contributed by atoms with E-state index in [1.165, 1.54) is 25.5 Å². The Morgan fingerprint density at radius 3 is 2.65 bits per heavy atom. The van der Waals surface area contributed by atoms with Gasteiger partial charge in [-0.05, 0) is 57.9 Å². The molecule has 1 aliphatic heterocycles. The Labute approximate surface area is 202 Å². The summed E-state index contributed by atoms with van der Waals surface area (Å²) in [5.74, 6) is -0.972.